The van der Waals surface area contributed by atoms with Crippen molar-refractivity contribution in [2.45, 2.75) is 12.2 Å². The van der Waals surface area contributed by atoms with Gasteiger partial charge in [0.25, 0.3) is 0 Å². The van der Waals surface area contributed by atoms with Crippen LogP contribution in [-0.2, 0) is 4.79 Å². The summed E-state index contributed by atoms with van der Waals surface area (Å²) < 4.78 is 9.80. The van der Waals surface area contributed by atoms with Gasteiger partial charge in [-0.2, -0.15) is 0 Å². The van der Waals surface area contributed by atoms with Crippen LogP contribution in [0.5, 0.6) is 17.2 Å². The van der Waals surface area contributed by atoms with Crippen molar-refractivity contribution in [2.24, 2.45) is 0 Å². The standard InChI is InChI=1S/C11H14O7/c1-17-5-3-6(12)8(7(4-5)18-2)9(13)10(14)11(15)16/h3-4,9-10,12-14H,1-2H3,(H,15,16). The van der Waals surface area contributed by atoms with Gasteiger partial charge in [-0.3, -0.25) is 0 Å². The minimum Gasteiger partial charge on any atom is -0.507 e. The van der Waals surface area contributed by atoms with Crippen LogP contribution in [0.2, 0.25) is 0 Å². The summed E-state index contributed by atoms with van der Waals surface area (Å²) >= 11 is 0. The number of methoxy groups -OCH3 is 2. The van der Waals surface area contributed by atoms with Crippen LogP contribution in [0.1, 0.15) is 11.7 Å². The number of benzene rings is 1. The van der Waals surface area contributed by atoms with E-state index in [-0.39, 0.29) is 17.1 Å². The van der Waals surface area contributed by atoms with E-state index in [0.29, 0.717) is 0 Å². The first-order valence-corrected chi connectivity index (χ1v) is 4.96. The van der Waals surface area contributed by atoms with Gasteiger partial charge in [0.15, 0.2) is 6.10 Å². The van der Waals surface area contributed by atoms with E-state index in [4.69, 9.17) is 14.6 Å². The third-order valence-corrected chi connectivity index (χ3v) is 2.40. The Balaban J connectivity index is 3.26. The van der Waals surface area contributed by atoms with Crippen molar-refractivity contribution >= 4 is 5.97 Å². The fraction of sp³-hybridized carbons (Fsp3) is 0.364. The van der Waals surface area contributed by atoms with Gasteiger partial charge < -0.3 is 29.9 Å². The van der Waals surface area contributed by atoms with Crippen molar-refractivity contribution in [3.8, 4) is 17.2 Å². The van der Waals surface area contributed by atoms with E-state index in [1.54, 1.807) is 0 Å². The Kier molecular flexibility index (Phi) is 4.35. The molecule has 0 amide bonds. The molecule has 100 valence electrons. The maximum atomic E-state index is 10.6. The van der Waals surface area contributed by atoms with Gasteiger partial charge in [0, 0.05) is 12.1 Å². The first kappa shape index (κ1) is 14.1. The third-order valence-electron chi connectivity index (χ3n) is 2.40. The summed E-state index contributed by atoms with van der Waals surface area (Å²) in [4.78, 5) is 10.6. The molecule has 0 aromatic heterocycles. The van der Waals surface area contributed by atoms with Gasteiger partial charge >= 0.3 is 5.97 Å². The average molecular weight is 258 g/mol. The third kappa shape index (κ3) is 2.63. The van der Waals surface area contributed by atoms with Crippen LogP contribution in [0.4, 0.5) is 0 Å². The lowest BCUT2D eigenvalue weighted by Crippen LogP contribution is -2.27. The highest BCUT2D eigenvalue weighted by molar-refractivity contribution is 5.73. The molecule has 0 radical (unpaired) electrons. The number of aliphatic carboxylic acids is 1. The molecule has 0 aliphatic rings. The van der Waals surface area contributed by atoms with Crippen molar-refractivity contribution in [1.29, 1.82) is 0 Å². The van der Waals surface area contributed by atoms with Crippen molar-refractivity contribution in [3.63, 3.8) is 0 Å². The minimum atomic E-state index is -2.07. The maximum Gasteiger partial charge on any atom is 0.335 e. The molecular formula is C11H14O7. The van der Waals surface area contributed by atoms with Gasteiger partial charge in [-0.1, -0.05) is 0 Å². The van der Waals surface area contributed by atoms with Gasteiger partial charge in [0.05, 0.1) is 19.8 Å². The molecule has 0 bridgehead atoms. The summed E-state index contributed by atoms with van der Waals surface area (Å²) in [6.45, 7) is 0. The molecule has 0 aliphatic heterocycles. The second-order valence-electron chi connectivity index (χ2n) is 3.49. The number of rotatable bonds is 5. The highest BCUT2D eigenvalue weighted by Gasteiger charge is 2.30. The van der Waals surface area contributed by atoms with Crippen LogP contribution < -0.4 is 9.47 Å². The summed E-state index contributed by atoms with van der Waals surface area (Å²) in [6.07, 6.45) is -3.89. The molecule has 0 saturated heterocycles. The molecule has 0 spiro atoms. The van der Waals surface area contributed by atoms with Gasteiger partial charge in [-0.15, -0.1) is 0 Å². The minimum absolute atomic E-state index is 0.0136. The molecule has 2 atom stereocenters. The van der Waals surface area contributed by atoms with Gasteiger partial charge in [0.1, 0.15) is 23.4 Å². The Bertz CT molecular complexity index is 443. The number of phenolic OH excluding ortho intramolecular Hbond substituents is 1. The van der Waals surface area contributed by atoms with E-state index in [9.17, 15) is 20.1 Å². The first-order valence-electron chi connectivity index (χ1n) is 4.96. The van der Waals surface area contributed by atoms with E-state index < -0.39 is 23.9 Å². The SMILES string of the molecule is COc1cc(O)c(C(O)C(O)C(=O)O)c(OC)c1. The van der Waals surface area contributed by atoms with E-state index in [1.807, 2.05) is 0 Å². The zero-order valence-electron chi connectivity index (χ0n) is 9.82. The second-order valence-corrected chi connectivity index (χ2v) is 3.49. The number of phenols is 1. The summed E-state index contributed by atoms with van der Waals surface area (Å²) in [5.41, 5.74) is -0.215. The zero-order chi connectivity index (χ0) is 13.9. The fourth-order valence-electron chi connectivity index (χ4n) is 1.46. The van der Waals surface area contributed by atoms with Crippen LogP contribution in [0.15, 0.2) is 12.1 Å². The van der Waals surface area contributed by atoms with Crippen LogP contribution in [0.25, 0.3) is 0 Å². The summed E-state index contributed by atoms with van der Waals surface area (Å²) in [7, 11) is 2.65. The summed E-state index contributed by atoms with van der Waals surface area (Å²) in [6, 6.07) is 2.53. The van der Waals surface area contributed by atoms with Crippen molar-refractivity contribution in [2.75, 3.05) is 14.2 Å². The monoisotopic (exact) mass is 258 g/mol. The maximum absolute atomic E-state index is 10.6. The van der Waals surface area contributed by atoms with E-state index in [1.165, 1.54) is 26.4 Å². The normalized spacial score (nSPS) is 13.8. The molecule has 4 N–H and O–H groups in total. The zero-order valence-corrected chi connectivity index (χ0v) is 9.82. The predicted molar refractivity (Wildman–Crippen MR) is 59.8 cm³/mol. The molecule has 0 saturated carbocycles. The van der Waals surface area contributed by atoms with E-state index >= 15 is 0 Å². The Morgan fingerprint density at radius 2 is 1.83 bits per heavy atom. The van der Waals surface area contributed by atoms with Crippen LogP contribution in [-0.4, -0.2) is 46.7 Å². The van der Waals surface area contributed by atoms with E-state index in [2.05, 4.69) is 0 Å². The lowest BCUT2D eigenvalue weighted by Gasteiger charge is -2.19. The lowest BCUT2D eigenvalue weighted by atomic mass is 10.0. The number of ether oxygens (including phenoxy) is 2. The van der Waals surface area contributed by atoms with Crippen molar-refractivity contribution in [1.82, 2.24) is 0 Å². The number of aliphatic hydroxyl groups excluding tert-OH is 2. The number of carboxylic acids is 1. The number of hydrogen-bond acceptors (Lipinski definition) is 6. The lowest BCUT2D eigenvalue weighted by molar-refractivity contribution is -0.153. The topological polar surface area (TPSA) is 116 Å². The highest BCUT2D eigenvalue weighted by Crippen LogP contribution is 2.38. The fourth-order valence-corrected chi connectivity index (χ4v) is 1.46. The number of aromatic hydroxyl groups is 1. The van der Waals surface area contributed by atoms with E-state index in [0.717, 1.165) is 0 Å². The Morgan fingerprint density at radius 3 is 2.28 bits per heavy atom. The average Bonchev–Trinajstić information content (AvgIpc) is 2.35. The molecule has 7 nitrogen and oxygen atoms in total. The molecule has 1 aromatic carbocycles. The highest BCUT2D eigenvalue weighted by atomic mass is 16.5. The Labute approximate surface area is 103 Å². The molecular weight excluding hydrogens is 244 g/mol. The molecule has 0 aliphatic carbocycles. The predicted octanol–water partition coefficient (Wildman–Crippen LogP) is -0.112. The number of carbonyl (C=O) groups is 1. The molecule has 7 heteroatoms. The van der Waals surface area contributed by atoms with Gasteiger partial charge in [-0.05, 0) is 0 Å². The van der Waals surface area contributed by atoms with Crippen molar-refractivity contribution in [3.05, 3.63) is 17.7 Å². The van der Waals surface area contributed by atoms with Crippen LogP contribution >= 0.6 is 0 Å². The van der Waals surface area contributed by atoms with Gasteiger partial charge in [0.2, 0.25) is 0 Å². The summed E-state index contributed by atoms with van der Waals surface area (Å²) in [5.74, 6) is -1.76. The second kappa shape index (κ2) is 5.56. The van der Waals surface area contributed by atoms with Crippen LogP contribution in [0, 0.1) is 0 Å². The largest absolute Gasteiger partial charge is 0.507 e. The quantitative estimate of drug-likeness (QED) is 0.582. The molecule has 0 heterocycles. The Hall–Kier alpha value is -1.99. The number of aliphatic hydroxyl groups is 2. The Morgan fingerprint density at radius 1 is 1.22 bits per heavy atom. The summed E-state index contributed by atoms with van der Waals surface area (Å²) in [5, 5.41) is 37.3. The number of hydrogen-bond donors (Lipinski definition) is 4. The van der Waals surface area contributed by atoms with Gasteiger partial charge in [-0.25, -0.2) is 4.79 Å². The molecule has 18 heavy (non-hydrogen) atoms. The molecule has 1 aromatic rings. The molecule has 0 fully saturated rings. The molecule has 1 rings (SSSR count). The van der Waals surface area contributed by atoms with Crippen molar-refractivity contribution < 1.29 is 34.7 Å². The number of carboxylic acid groups (broad SMARTS) is 1. The first-order chi connectivity index (χ1) is 8.42. The smallest absolute Gasteiger partial charge is 0.335 e. The molecule has 2 unspecified atom stereocenters. The van der Waals surface area contributed by atoms with Crippen LogP contribution in [0.3, 0.4) is 0 Å².